The Balaban J connectivity index is 2.23. The molecule has 80 valence electrons. The predicted molar refractivity (Wildman–Crippen MR) is 75.0 cm³/mol. The zero-order chi connectivity index (χ0) is 11.1. The molecule has 0 atom stereocenters. The molecule has 0 bridgehead atoms. The summed E-state index contributed by atoms with van der Waals surface area (Å²) < 4.78 is 2.24. The molecule has 2 heterocycles. The van der Waals surface area contributed by atoms with Crippen molar-refractivity contribution in [3.63, 3.8) is 0 Å². The maximum atomic E-state index is 5.90. The number of thiophene rings is 1. The van der Waals surface area contributed by atoms with E-state index in [1.54, 1.807) is 22.7 Å². The van der Waals surface area contributed by atoms with Crippen molar-refractivity contribution in [1.82, 2.24) is 4.98 Å². The molecule has 5 heteroatoms. The Labute approximate surface area is 109 Å². The Morgan fingerprint density at radius 3 is 2.88 bits per heavy atom. The summed E-state index contributed by atoms with van der Waals surface area (Å²) in [5.74, 6) is 0. The molecule has 0 saturated heterocycles. The summed E-state index contributed by atoms with van der Waals surface area (Å²) in [6.45, 7) is 0. The van der Waals surface area contributed by atoms with E-state index in [4.69, 9.17) is 5.73 Å². The molecule has 1 aromatic carbocycles. The van der Waals surface area contributed by atoms with Gasteiger partial charge < -0.3 is 5.73 Å². The van der Waals surface area contributed by atoms with Gasteiger partial charge in [-0.05, 0) is 29.6 Å². The molecular weight excluding hydrogens is 304 g/mol. The van der Waals surface area contributed by atoms with Crippen LogP contribution in [-0.2, 0) is 0 Å². The summed E-state index contributed by atoms with van der Waals surface area (Å²) in [5.41, 5.74) is 7.96. The van der Waals surface area contributed by atoms with Crippen molar-refractivity contribution in [3.8, 4) is 10.6 Å². The van der Waals surface area contributed by atoms with E-state index in [1.165, 1.54) is 4.70 Å². The SMILES string of the molecule is Nc1sccc1-c1nc2cc(Br)ccc2s1. The lowest BCUT2D eigenvalue weighted by Gasteiger charge is -1.91. The van der Waals surface area contributed by atoms with Gasteiger partial charge in [0.15, 0.2) is 0 Å². The molecule has 2 aromatic heterocycles. The van der Waals surface area contributed by atoms with E-state index < -0.39 is 0 Å². The van der Waals surface area contributed by atoms with Crippen LogP contribution in [0.15, 0.2) is 34.1 Å². The third kappa shape index (κ3) is 1.65. The zero-order valence-corrected chi connectivity index (χ0v) is 11.3. The number of nitrogen functional groups attached to an aromatic ring is 1. The van der Waals surface area contributed by atoms with Gasteiger partial charge in [-0.1, -0.05) is 15.9 Å². The molecule has 0 aliphatic rings. The van der Waals surface area contributed by atoms with Crippen LogP contribution in [-0.4, -0.2) is 4.98 Å². The van der Waals surface area contributed by atoms with Gasteiger partial charge in [0.05, 0.1) is 15.2 Å². The van der Waals surface area contributed by atoms with Gasteiger partial charge in [-0.2, -0.15) is 0 Å². The number of nitrogens with two attached hydrogens (primary N) is 1. The highest BCUT2D eigenvalue weighted by Gasteiger charge is 2.09. The minimum Gasteiger partial charge on any atom is -0.390 e. The van der Waals surface area contributed by atoms with Crippen LogP contribution in [0.3, 0.4) is 0 Å². The Hall–Kier alpha value is -0.910. The fourth-order valence-electron chi connectivity index (χ4n) is 1.51. The van der Waals surface area contributed by atoms with Crippen molar-refractivity contribution in [2.24, 2.45) is 0 Å². The first-order valence-electron chi connectivity index (χ1n) is 4.63. The van der Waals surface area contributed by atoms with Gasteiger partial charge in [-0.3, -0.25) is 0 Å². The van der Waals surface area contributed by atoms with Gasteiger partial charge in [0.1, 0.15) is 5.01 Å². The third-order valence-corrected chi connectivity index (χ3v) is 4.58. The molecule has 0 amide bonds. The van der Waals surface area contributed by atoms with E-state index >= 15 is 0 Å². The number of aromatic nitrogens is 1. The lowest BCUT2D eigenvalue weighted by molar-refractivity contribution is 1.48. The predicted octanol–water partition coefficient (Wildman–Crippen LogP) is 4.37. The minimum atomic E-state index is 0.832. The van der Waals surface area contributed by atoms with Crippen molar-refractivity contribution in [3.05, 3.63) is 34.1 Å². The van der Waals surface area contributed by atoms with Crippen LogP contribution in [0.4, 0.5) is 5.00 Å². The molecule has 3 aromatic rings. The van der Waals surface area contributed by atoms with Crippen molar-refractivity contribution in [2.75, 3.05) is 5.73 Å². The second-order valence-corrected chi connectivity index (χ2v) is 6.22. The van der Waals surface area contributed by atoms with E-state index in [2.05, 4.69) is 27.0 Å². The topological polar surface area (TPSA) is 38.9 Å². The summed E-state index contributed by atoms with van der Waals surface area (Å²) >= 11 is 6.67. The number of nitrogens with zero attached hydrogens (tertiary/aromatic N) is 1. The quantitative estimate of drug-likeness (QED) is 0.725. The molecule has 0 saturated carbocycles. The highest BCUT2D eigenvalue weighted by molar-refractivity contribution is 9.10. The number of fused-ring (bicyclic) bond motifs is 1. The molecule has 0 unspecified atom stereocenters. The lowest BCUT2D eigenvalue weighted by atomic mass is 10.3. The van der Waals surface area contributed by atoms with Gasteiger partial charge in [-0.25, -0.2) is 4.98 Å². The Morgan fingerprint density at radius 1 is 1.25 bits per heavy atom. The molecule has 3 rings (SSSR count). The summed E-state index contributed by atoms with van der Waals surface area (Å²) in [7, 11) is 0. The lowest BCUT2D eigenvalue weighted by Crippen LogP contribution is -1.81. The van der Waals surface area contributed by atoms with Gasteiger partial charge in [0, 0.05) is 10.0 Å². The average molecular weight is 311 g/mol. The zero-order valence-electron chi connectivity index (χ0n) is 8.11. The fourth-order valence-corrected chi connectivity index (χ4v) is 3.55. The van der Waals surface area contributed by atoms with Gasteiger partial charge in [0.2, 0.25) is 0 Å². The monoisotopic (exact) mass is 310 g/mol. The third-order valence-electron chi connectivity index (χ3n) is 2.28. The van der Waals surface area contributed by atoms with Crippen LogP contribution >= 0.6 is 38.6 Å². The number of hydrogen-bond donors (Lipinski definition) is 1. The number of anilines is 1. The molecule has 0 aliphatic carbocycles. The van der Waals surface area contributed by atoms with E-state index in [0.29, 0.717) is 0 Å². The van der Waals surface area contributed by atoms with Crippen molar-refractivity contribution < 1.29 is 0 Å². The van der Waals surface area contributed by atoms with Gasteiger partial charge in [0.25, 0.3) is 0 Å². The van der Waals surface area contributed by atoms with Crippen molar-refractivity contribution in [2.45, 2.75) is 0 Å². The number of rotatable bonds is 1. The van der Waals surface area contributed by atoms with Crippen molar-refractivity contribution >= 4 is 53.8 Å². The first-order valence-corrected chi connectivity index (χ1v) is 7.12. The second-order valence-electron chi connectivity index (χ2n) is 3.33. The summed E-state index contributed by atoms with van der Waals surface area (Å²) in [6.07, 6.45) is 0. The Morgan fingerprint density at radius 2 is 2.12 bits per heavy atom. The maximum absolute atomic E-state index is 5.90. The highest BCUT2D eigenvalue weighted by Crippen LogP contribution is 2.36. The van der Waals surface area contributed by atoms with E-state index in [9.17, 15) is 0 Å². The number of hydrogen-bond acceptors (Lipinski definition) is 4. The maximum Gasteiger partial charge on any atom is 0.127 e. The molecule has 0 spiro atoms. The van der Waals surface area contributed by atoms with E-state index in [1.807, 2.05) is 23.6 Å². The van der Waals surface area contributed by atoms with E-state index in [0.717, 1.165) is 25.6 Å². The number of benzene rings is 1. The van der Waals surface area contributed by atoms with Gasteiger partial charge >= 0.3 is 0 Å². The summed E-state index contributed by atoms with van der Waals surface area (Å²) in [6, 6.07) is 8.15. The number of thiazole rings is 1. The smallest absolute Gasteiger partial charge is 0.127 e. The molecule has 0 fully saturated rings. The summed E-state index contributed by atoms with van der Waals surface area (Å²) in [4.78, 5) is 4.59. The first-order chi connectivity index (χ1) is 7.74. The normalized spacial score (nSPS) is 11.1. The Bertz CT molecular complexity index is 657. The van der Waals surface area contributed by atoms with Crippen LogP contribution in [0.5, 0.6) is 0 Å². The molecule has 2 N–H and O–H groups in total. The van der Waals surface area contributed by atoms with Crippen LogP contribution in [0, 0.1) is 0 Å². The molecule has 0 radical (unpaired) electrons. The Kier molecular flexibility index (Phi) is 2.46. The fraction of sp³-hybridized carbons (Fsp3) is 0. The van der Waals surface area contributed by atoms with Crippen LogP contribution in [0.1, 0.15) is 0 Å². The van der Waals surface area contributed by atoms with Crippen LogP contribution in [0.2, 0.25) is 0 Å². The average Bonchev–Trinajstić information content (AvgIpc) is 2.82. The molecular formula is C11H7BrN2S2. The summed E-state index contributed by atoms with van der Waals surface area (Å²) in [5, 5.41) is 3.82. The van der Waals surface area contributed by atoms with Crippen LogP contribution in [0.25, 0.3) is 20.8 Å². The standard InChI is InChI=1S/C11H7BrN2S2/c12-6-1-2-9-8(5-6)14-11(16-9)7-3-4-15-10(7)13/h1-5H,13H2. The highest BCUT2D eigenvalue weighted by atomic mass is 79.9. The van der Waals surface area contributed by atoms with E-state index in [-0.39, 0.29) is 0 Å². The molecule has 0 aliphatic heterocycles. The molecule has 2 nitrogen and oxygen atoms in total. The molecule has 16 heavy (non-hydrogen) atoms. The minimum absolute atomic E-state index is 0.832. The number of halogens is 1. The van der Waals surface area contributed by atoms with Gasteiger partial charge in [-0.15, -0.1) is 22.7 Å². The largest absolute Gasteiger partial charge is 0.390 e. The first kappa shape index (κ1) is 10.3. The van der Waals surface area contributed by atoms with Crippen molar-refractivity contribution in [1.29, 1.82) is 0 Å². The second kappa shape index (κ2) is 3.84. The van der Waals surface area contributed by atoms with Crippen LogP contribution < -0.4 is 5.73 Å².